The molecule has 0 unspecified atom stereocenters. The topological polar surface area (TPSA) is 95.8 Å². The second-order valence-electron chi connectivity index (χ2n) is 7.36. The molecule has 10 heteroatoms. The molecule has 3 N–H and O–H groups in total. The summed E-state index contributed by atoms with van der Waals surface area (Å²) in [4.78, 5) is 16.7. The number of rotatable bonds is 6. The maximum Gasteiger partial charge on any atom is 0.418 e. The number of alkyl halides is 3. The molecule has 4 aromatic rings. The number of aromatic hydroxyl groups is 1. The van der Waals surface area contributed by atoms with Crippen LogP contribution in [0.3, 0.4) is 0 Å². The van der Waals surface area contributed by atoms with E-state index in [1.807, 2.05) is 0 Å². The fraction of sp³-hybridized carbons (Fsp3) is 0.0800. The number of ether oxygens (including phenoxy) is 1. The number of hydrazone groups is 1. The van der Waals surface area contributed by atoms with Crippen LogP contribution in [0, 0.1) is 0 Å². The third-order valence-corrected chi connectivity index (χ3v) is 5.10. The standard InChI is InChI=1S/C25H19F3N4O3/c1-35-22-13-15(9-10-21(22)33)14-30-32-24(34)17-5-2-3-8-19(17)31-20-11-12-29-23-16(20)6-4-7-18(23)25(26,27)28/h2-14,33H,1H3,(H,29,31)(H,32,34)/b30-14+. The highest BCUT2D eigenvalue weighted by atomic mass is 19.4. The van der Waals surface area contributed by atoms with Crippen LogP contribution in [-0.4, -0.2) is 29.3 Å². The molecule has 0 aliphatic heterocycles. The van der Waals surface area contributed by atoms with Crippen molar-refractivity contribution in [2.24, 2.45) is 5.10 Å². The van der Waals surface area contributed by atoms with Gasteiger partial charge in [-0.3, -0.25) is 9.78 Å². The highest BCUT2D eigenvalue weighted by Gasteiger charge is 2.33. The lowest BCUT2D eigenvalue weighted by Gasteiger charge is -2.15. The number of fused-ring (bicyclic) bond motifs is 1. The van der Waals surface area contributed by atoms with Gasteiger partial charge < -0.3 is 15.2 Å². The van der Waals surface area contributed by atoms with E-state index in [1.54, 1.807) is 36.4 Å². The number of phenolic OH excluding ortho intramolecular Hbond substituents is 1. The summed E-state index contributed by atoms with van der Waals surface area (Å²) in [5, 5.41) is 16.9. The van der Waals surface area contributed by atoms with Crippen molar-refractivity contribution in [2.45, 2.75) is 6.18 Å². The normalized spacial score (nSPS) is 11.5. The van der Waals surface area contributed by atoms with Crippen molar-refractivity contribution < 1.29 is 27.8 Å². The van der Waals surface area contributed by atoms with E-state index in [4.69, 9.17) is 4.74 Å². The van der Waals surface area contributed by atoms with Crippen molar-refractivity contribution in [2.75, 3.05) is 12.4 Å². The molecule has 0 saturated heterocycles. The van der Waals surface area contributed by atoms with E-state index in [0.29, 0.717) is 16.9 Å². The Labute approximate surface area is 197 Å². The van der Waals surface area contributed by atoms with Crippen LogP contribution in [-0.2, 0) is 6.18 Å². The number of nitrogens with zero attached hydrogens (tertiary/aromatic N) is 2. The second kappa shape index (κ2) is 9.72. The van der Waals surface area contributed by atoms with Gasteiger partial charge in [-0.1, -0.05) is 24.3 Å². The minimum Gasteiger partial charge on any atom is -0.504 e. The summed E-state index contributed by atoms with van der Waals surface area (Å²) in [6.07, 6.45) is -1.90. The molecule has 0 bridgehead atoms. The minimum absolute atomic E-state index is 0.0281. The summed E-state index contributed by atoms with van der Waals surface area (Å²) < 4.78 is 45.2. The SMILES string of the molecule is COc1cc(/C=N/NC(=O)c2ccccc2Nc2ccnc3c(C(F)(F)F)cccc23)ccc1O. The Morgan fingerprint density at radius 2 is 1.86 bits per heavy atom. The van der Waals surface area contributed by atoms with Gasteiger partial charge in [0.15, 0.2) is 11.5 Å². The van der Waals surface area contributed by atoms with Crippen LogP contribution in [0.4, 0.5) is 24.5 Å². The molecule has 3 aromatic carbocycles. The van der Waals surface area contributed by atoms with Gasteiger partial charge in [-0.15, -0.1) is 0 Å². The first-order chi connectivity index (χ1) is 16.8. The van der Waals surface area contributed by atoms with Gasteiger partial charge in [-0.2, -0.15) is 18.3 Å². The Morgan fingerprint density at radius 1 is 1.06 bits per heavy atom. The average molecular weight is 480 g/mol. The van der Waals surface area contributed by atoms with Crippen molar-refractivity contribution in [1.29, 1.82) is 0 Å². The number of aromatic nitrogens is 1. The first kappa shape index (κ1) is 23.6. The van der Waals surface area contributed by atoms with Crippen molar-refractivity contribution in [3.8, 4) is 11.5 Å². The zero-order chi connectivity index (χ0) is 25.0. The molecule has 178 valence electrons. The van der Waals surface area contributed by atoms with Crippen LogP contribution >= 0.6 is 0 Å². The lowest BCUT2D eigenvalue weighted by Crippen LogP contribution is -2.19. The number of phenols is 1. The number of carbonyl (C=O) groups excluding carboxylic acids is 1. The fourth-order valence-electron chi connectivity index (χ4n) is 3.45. The first-order valence-electron chi connectivity index (χ1n) is 10.3. The van der Waals surface area contributed by atoms with Crippen molar-refractivity contribution in [3.63, 3.8) is 0 Å². The summed E-state index contributed by atoms with van der Waals surface area (Å²) in [5.74, 6) is -0.308. The van der Waals surface area contributed by atoms with Gasteiger partial charge in [0.2, 0.25) is 0 Å². The minimum atomic E-state index is -4.55. The molecule has 0 radical (unpaired) electrons. The third-order valence-electron chi connectivity index (χ3n) is 5.10. The fourth-order valence-corrected chi connectivity index (χ4v) is 3.45. The number of anilines is 2. The van der Waals surface area contributed by atoms with Crippen molar-refractivity contribution >= 4 is 34.4 Å². The van der Waals surface area contributed by atoms with E-state index in [0.717, 1.165) is 6.07 Å². The van der Waals surface area contributed by atoms with Crippen LogP contribution < -0.4 is 15.5 Å². The van der Waals surface area contributed by atoms with Gasteiger partial charge in [-0.25, -0.2) is 5.43 Å². The van der Waals surface area contributed by atoms with Crippen molar-refractivity contribution in [1.82, 2.24) is 10.4 Å². The molecule has 7 nitrogen and oxygen atoms in total. The number of para-hydroxylation sites is 2. The molecule has 1 amide bonds. The number of pyridine rings is 1. The monoisotopic (exact) mass is 480 g/mol. The highest BCUT2D eigenvalue weighted by Crippen LogP contribution is 2.36. The van der Waals surface area contributed by atoms with Crippen LogP contribution in [0.2, 0.25) is 0 Å². The quantitative estimate of drug-likeness (QED) is 0.251. The molecule has 0 fully saturated rings. The lowest BCUT2D eigenvalue weighted by atomic mass is 10.1. The smallest absolute Gasteiger partial charge is 0.418 e. The van der Waals surface area contributed by atoms with Gasteiger partial charge in [-0.05, 0) is 48.0 Å². The molecule has 0 aliphatic carbocycles. The molecular formula is C25H19F3N4O3. The van der Waals surface area contributed by atoms with E-state index < -0.39 is 17.6 Å². The largest absolute Gasteiger partial charge is 0.504 e. The number of hydrogen-bond donors (Lipinski definition) is 3. The Morgan fingerprint density at radius 3 is 2.63 bits per heavy atom. The van der Waals surface area contributed by atoms with Crippen molar-refractivity contribution in [3.05, 3.63) is 89.6 Å². The maximum absolute atomic E-state index is 13.4. The lowest BCUT2D eigenvalue weighted by molar-refractivity contribution is -0.136. The molecule has 0 saturated carbocycles. The number of amides is 1. The summed E-state index contributed by atoms with van der Waals surface area (Å²) in [5.41, 5.74) is 2.92. The third kappa shape index (κ3) is 5.16. The number of carbonyl (C=O) groups is 1. The molecule has 0 aliphatic rings. The van der Waals surface area contributed by atoms with E-state index >= 15 is 0 Å². The Balaban J connectivity index is 1.58. The Bertz CT molecular complexity index is 1420. The van der Waals surface area contributed by atoms with Gasteiger partial charge in [0, 0.05) is 17.3 Å². The van der Waals surface area contributed by atoms with Gasteiger partial charge >= 0.3 is 6.18 Å². The maximum atomic E-state index is 13.4. The molecule has 1 heterocycles. The van der Waals surface area contributed by atoms with Gasteiger partial charge in [0.1, 0.15) is 0 Å². The number of nitrogens with one attached hydrogen (secondary N) is 2. The molecular weight excluding hydrogens is 461 g/mol. The average Bonchev–Trinajstić information content (AvgIpc) is 2.84. The van der Waals surface area contributed by atoms with Crippen LogP contribution in [0.1, 0.15) is 21.5 Å². The summed E-state index contributed by atoms with van der Waals surface area (Å²) in [6.45, 7) is 0. The summed E-state index contributed by atoms with van der Waals surface area (Å²) in [6, 6.07) is 16.4. The second-order valence-corrected chi connectivity index (χ2v) is 7.36. The molecule has 4 rings (SSSR count). The van der Waals surface area contributed by atoms with E-state index in [1.165, 1.54) is 43.8 Å². The number of halogens is 3. The zero-order valence-corrected chi connectivity index (χ0v) is 18.3. The van der Waals surface area contributed by atoms with Crippen LogP contribution in [0.25, 0.3) is 10.9 Å². The van der Waals surface area contributed by atoms with Gasteiger partial charge in [0.25, 0.3) is 5.91 Å². The van der Waals surface area contributed by atoms with E-state index in [-0.39, 0.29) is 28.0 Å². The molecule has 0 spiro atoms. The van der Waals surface area contributed by atoms with E-state index in [2.05, 4.69) is 20.8 Å². The molecule has 1 aromatic heterocycles. The van der Waals surface area contributed by atoms with Crippen LogP contribution in [0.5, 0.6) is 11.5 Å². The highest BCUT2D eigenvalue weighted by molar-refractivity contribution is 6.02. The predicted octanol–water partition coefficient (Wildman–Crippen LogP) is 5.48. The molecule has 0 atom stereocenters. The Hall–Kier alpha value is -4.60. The van der Waals surface area contributed by atoms with E-state index in [9.17, 15) is 23.1 Å². The Kier molecular flexibility index (Phi) is 6.54. The number of methoxy groups -OCH3 is 1. The summed E-state index contributed by atoms with van der Waals surface area (Å²) in [7, 11) is 1.41. The number of benzene rings is 3. The van der Waals surface area contributed by atoms with Crippen LogP contribution in [0.15, 0.2) is 78.0 Å². The van der Waals surface area contributed by atoms with Gasteiger partial charge in [0.05, 0.1) is 35.7 Å². The molecule has 35 heavy (non-hydrogen) atoms. The number of hydrogen-bond acceptors (Lipinski definition) is 6. The predicted molar refractivity (Wildman–Crippen MR) is 126 cm³/mol. The first-order valence-corrected chi connectivity index (χ1v) is 10.3. The summed E-state index contributed by atoms with van der Waals surface area (Å²) >= 11 is 0. The zero-order valence-electron chi connectivity index (χ0n) is 18.3.